The second-order valence-electron chi connectivity index (χ2n) is 6.22. The molecule has 0 saturated heterocycles. The van der Waals surface area contributed by atoms with Gasteiger partial charge in [0.15, 0.2) is 6.10 Å². The molecule has 0 heterocycles. The summed E-state index contributed by atoms with van der Waals surface area (Å²) in [5.74, 6) is 0.141. The minimum atomic E-state index is -0.621. The Morgan fingerprint density at radius 1 is 0.821 bits per heavy atom. The van der Waals surface area contributed by atoms with Gasteiger partial charge in [0.1, 0.15) is 5.75 Å². The zero-order valence-corrected chi connectivity index (χ0v) is 15.6. The van der Waals surface area contributed by atoms with Crippen LogP contribution >= 0.6 is 0 Å². The summed E-state index contributed by atoms with van der Waals surface area (Å²) in [6.07, 6.45) is -0.0984. The summed E-state index contributed by atoms with van der Waals surface area (Å²) in [6, 6.07) is 25.3. The molecule has 0 fully saturated rings. The maximum absolute atomic E-state index is 12.6. The van der Waals surface area contributed by atoms with Gasteiger partial charge in [-0.1, -0.05) is 49.4 Å². The van der Waals surface area contributed by atoms with Crippen LogP contribution in [0.1, 0.15) is 23.7 Å². The maximum atomic E-state index is 12.6. The Kier molecular flexibility index (Phi) is 6.41. The van der Waals surface area contributed by atoms with Crippen molar-refractivity contribution in [2.75, 3.05) is 10.6 Å². The van der Waals surface area contributed by atoms with Crippen LogP contribution in [-0.2, 0) is 4.79 Å². The van der Waals surface area contributed by atoms with E-state index >= 15 is 0 Å². The van der Waals surface area contributed by atoms with Gasteiger partial charge in [0.2, 0.25) is 0 Å². The first-order chi connectivity index (χ1) is 13.7. The number of rotatable bonds is 7. The molecule has 3 rings (SSSR count). The molecule has 0 saturated carbocycles. The van der Waals surface area contributed by atoms with Gasteiger partial charge in [0, 0.05) is 16.9 Å². The number of nitrogens with one attached hydrogen (secondary N) is 2. The Balaban J connectivity index is 1.66. The van der Waals surface area contributed by atoms with Crippen molar-refractivity contribution in [3.63, 3.8) is 0 Å². The van der Waals surface area contributed by atoms with Gasteiger partial charge in [-0.15, -0.1) is 0 Å². The third-order valence-corrected chi connectivity index (χ3v) is 4.11. The minimum Gasteiger partial charge on any atom is -0.481 e. The predicted molar refractivity (Wildman–Crippen MR) is 111 cm³/mol. The number of hydrogen-bond donors (Lipinski definition) is 2. The fraction of sp³-hybridized carbons (Fsp3) is 0.130. The Morgan fingerprint density at radius 3 is 2.14 bits per heavy atom. The fourth-order valence-corrected chi connectivity index (χ4v) is 2.67. The van der Waals surface area contributed by atoms with Crippen LogP contribution in [0.2, 0.25) is 0 Å². The number of ether oxygens (including phenoxy) is 1. The van der Waals surface area contributed by atoms with Gasteiger partial charge in [-0.05, 0) is 48.9 Å². The number of para-hydroxylation sites is 2. The van der Waals surface area contributed by atoms with Crippen LogP contribution in [0.15, 0.2) is 84.9 Å². The van der Waals surface area contributed by atoms with Gasteiger partial charge in [-0.3, -0.25) is 9.59 Å². The molecule has 0 bridgehead atoms. The highest BCUT2D eigenvalue weighted by molar-refractivity contribution is 6.05. The summed E-state index contributed by atoms with van der Waals surface area (Å²) in [4.78, 5) is 25.0. The SMILES string of the molecule is CCC(Oc1ccccc1)C(=O)Nc1cccc(C(=O)Nc2ccccc2)c1. The van der Waals surface area contributed by atoms with E-state index in [4.69, 9.17) is 4.74 Å². The van der Waals surface area contributed by atoms with E-state index in [0.717, 1.165) is 0 Å². The number of amides is 2. The van der Waals surface area contributed by atoms with Crippen LogP contribution in [-0.4, -0.2) is 17.9 Å². The van der Waals surface area contributed by atoms with E-state index < -0.39 is 6.10 Å². The van der Waals surface area contributed by atoms with Crippen molar-refractivity contribution in [2.45, 2.75) is 19.4 Å². The van der Waals surface area contributed by atoms with E-state index in [1.165, 1.54) is 0 Å². The van der Waals surface area contributed by atoms with Crippen LogP contribution in [0, 0.1) is 0 Å². The molecule has 1 unspecified atom stereocenters. The van der Waals surface area contributed by atoms with E-state index in [1.54, 1.807) is 24.3 Å². The number of anilines is 2. The average molecular weight is 374 g/mol. The van der Waals surface area contributed by atoms with Crippen LogP contribution in [0.25, 0.3) is 0 Å². The lowest BCUT2D eigenvalue weighted by Gasteiger charge is -2.17. The third-order valence-electron chi connectivity index (χ3n) is 4.11. The monoisotopic (exact) mass is 374 g/mol. The van der Waals surface area contributed by atoms with Crippen molar-refractivity contribution in [3.8, 4) is 5.75 Å². The summed E-state index contributed by atoms with van der Waals surface area (Å²) in [5, 5.41) is 5.66. The molecule has 3 aromatic rings. The quantitative estimate of drug-likeness (QED) is 0.628. The standard InChI is InChI=1S/C23H22N2O3/c1-2-21(28-20-14-7-4-8-15-20)23(27)25-19-13-9-10-17(16-19)22(26)24-18-11-5-3-6-12-18/h3-16,21H,2H2,1H3,(H,24,26)(H,25,27). The third kappa shape index (κ3) is 5.20. The highest BCUT2D eigenvalue weighted by Crippen LogP contribution is 2.16. The van der Waals surface area contributed by atoms with Crippen molar-refractivity contribution < 1.29 is 14.3 Å². The highest BCUT2D eigenvalue weighted by Gasteiger charge is 2.19. The average Bonchev–Trinajstić information content (AvgIpc) is 2.73. The van der Waals surface area contributed by atoms with E-state index in [-0.39, 0.29) is 11.8 Å². The van der Waals surface area contributed by atoms with Crippen molar-refractivity contribution in [1.82, 2.24) is 0 Å². The molecule has 5 heteroatoms. The van der Waals surface area contributed by atoms with Crippen molar-refractivity contribution in [1.29, 1.82) is 0 Å². The maximum Gasteiger partial charge on any atom is 0.265 e. The molecule has 3 aromatic carbocycles. The van der Waals surface area contributed by atoms with Crippen LogP contribution in [0.3, 0.4) is 0 Å². The highest BCUT2D eigenvalue weighted by atomic mass is 16.5. The zero-order chi connectivity index (χ0) is 19.8. The summed E-state index contributed by atoms with van der Waals surface area (Å²) in [7, 11) is 0. The summed E-state index contributed by atoms with van der Waals surface area (Å²) >= 11 is 0. The Labute approximate surface area is 164 Å². The molecular weight excluding hydrogens is 352 g/mol. The molecule has 0 radical (unpaired) electrons. The van der Waals surface area contributed by atoms with Crippen molar-refractivity contribution in [3.05, 3.63) is 90.5 Å². The molecule has 1 atom stereocenters. The lowest BCUT2D eigenvalue weighted by Crippen LogP contribution is -2.32. The molecule has 2 amide bonds. The van der Waals surface area contributed by atoms with E-state index in [9.17, 15) is 9.59 Å². The number of hydrogen-bond acceptors (Lipinski definition) is 3. The molecule has 0 aromatic heterocycles. The molecule has 0 aliphatic rings. The van der Waals surface area contributed by atoms with Crippen molar-refractivity contribution >= 4 is 23.2 Å². The fourth-order valence-electron chi connectivity index (χ4n) is 2.67. The van der Waals surface area contributed by atoms with Gasteiger partial charge < -0.3 is 15.4 Å². The lowest BCUT2D eigenvalue weighted by molar-refractivity contribution is -0.122. The van der Waals surface area contributed by atoms with Crippen LogP contribution in [0.4, 0.5) is 11.4 Å². The topological polar surface area (TPSA) is 67.4 Å². The van der Waals surface area contributed by atoms with Crippen LogP contribution < -0.4 is 15.4 Å². The summed E-state index contributed by atoms with van der Waals surface area (Å²) < 4.78 is 5.76. The first-order valence-electron chi connectivity index (χ1n) is 9.14. The number of benzene rings is 3. The first kappa shape index (κ1) is 19.2. The molecule has 142 valence electrons. The zero-order valence-electron chi connectivity index (χ0n) is 15.6. The molecule has 5 nitrogen and oxygen atoms in total. The normalized spacial score (nSPS) is 11.3. The minimum absolute atomic E-state index is 0.241. The Bertz CT molecular complexity index is 927. The molecule has 28 heavy (non-hydrogen) atoms. The predicted octanol–water partition coefficient (Wildman–Crippen LogP) is 4.74. The molecule has 2 N–H and O–H groups in total. The van der Waals surface area contributed by atoms with E-state index in [2.05, 4.69) is 10.6 Å². The van der Waals surface area contributed by atoms with Gasteiger partial charge in [0.05, 0.1) is 0 Å². The van der Waals surface area contributed by atoms with E-state index in [1.807, 2.05) is 67.6 Å². The largest absolute Gasteiger partial charge is 0.481 e. The summed E-state index contributed by atoms with van der Waals surface area (Å²) in [5.41, 5.74) is 1.71. The molecule has 0 aliphatic heterocycles. The molecule has 0 spiro atoms. The van der Waals surface area contributed by atoms with Gasteiger partial charge in [-0.2, -0.15) is 0 Å². The Morgan fingerprint density at radius 2 is 1.46 bits per heavy atom. The molecule has 0 aliphatic carbocycles. The lowest BCUT2D eigenvalue weighted by atomic mass is 10.1. The van der Waals surface area contributed by atoms with Crippen LogP contribution in [0.5, 0.6) is 5.75 Å². The smallest absolute Gasteiger partial charge is 0.265 e. The first-order valence-corrected chi connectivity index (χ1v) is 9.14. The van der Waals surface area contributed by atoms with Gasteiger partial charge >= 0.3 is 0 Å². The Hall–Kier alpha value is -3.60. The summed E-state index contributed by atoms with van der Waals surface area (Å²) in [6.45, 7) is 1.89. The molecular formula is C23H22N2O3. The van der Waals surface area contributed by atoms with Gasteiger partial charge in [0.25, 0.3) is 11.8 Å². The van der Waals surface area contributed by atoms with Crippen molar-refractivity contribution in [2.24, 2.45) is 0 Å². The van der Waals surface area contributed by atoms with Gasteiger partial charge in [-0.25, -0.2) is 0 Å². The second-order valence-corrected chi connectivity index (χ2v) is 6.22. The van der Waals surface area contributed by atoms with E-state index in [0.29, 0.717) is 29.1 Å². The number of carbonyl (C=O) groups is 2. The number of carbonyl (C=O) groups excluding carboxylic acids is 2. The second kappa shape index (κ2) is 9.37.